The topological polar surface area (TPSA) is 131 Å². The summed E-state index contributed by atoms with van der Waals surface area (Å²) >= 11 is 0. The van der Waals surface area contributed by atoms with E-state index < -0.39 is 47.0 Å². The number of hydrogen-bond donors (Lipinski definition) is 3. The molecule has 1 unspecified atom stereocenters. The first-order chi connectivity index (χ1) is 15.4. The molecule has 178 valence electrons. The second kappa shape index (κ2) is 7.89. The second-order valence-electron chi connectivity index (χ2n) is 8.84. The third-order valence-corrected chi connectivity index (χ3v) is 6.49. The molecule has 9 nitrogen and oxygen atoms in total. The van der Waals surface area contributed by atoms with Gasteiger partial charge in [0.05, 0.1) is 11.1 Å². The number of amides is 4. The zero-order valence-corrected chi connectivity index (χ0v) is 17.8. The summed E-state index contributed by atoms with van der Waals surface area (Å²) in [7, 11) is 1.02. The molecule has 1 saturated heterocycles. The Morgan fingerprint density at radius 3 is 2.45 bits per heavy atom. The van der Waals surface area contributed by atoms with Crippen LogP contribution in [0.15, 0.2) is 18.2 Å². The Balaban J connectivity index is 1.39. The summed E-state index contributed by atoms with van der Waals surface area (Å²) in [5, 5.41) is 5.13. The van der Waals surface area contributed by atoms with Crippen LogP contribution in [-0.4, -0.2) is 65.5 Å². The van der Waals surface area contributed by atoms with Gasteiger partial charge in [0.2, 0.25) is 11.8 Å². The summed E-state index contributed by atoms with van der Waals surface area (Å²) in [4.78, 5) is 49.9. The average molecular weight is 468 g/mol. The minimum atomic E-state index is -4.51. The van der Waals surface area contributed by atoms with Gasteiger partial charge in [-0.2, -0.15) is 13.2 Å². The van der Waals surface area contributed by atoms with Crippen molar-refractivity contribution < 1.29 is 37.1 Å². The number of nitrogens with one attached hydrogen (secondary N) is 2. The maximum atomic E-state index is 13.2. The lowest BCUT2D eigenvalue weighted by Gasteiger charge is -2.53. The number of benzene rings is 1. The number of hydrogen-bond acceptors (Lipinski definition) is 7. The molecule has 1 aromatic rings. The van der Waals surface area contributed by atoms with Gasteiger partial charge in [-0.25, -0.2) is 0 Å². The van der Waals surface area contributed by atoms with Gasteiger partial charge in [-0.1, -0.05) is 6.07 Å². The Morgan fingerprint density at radius 2 is 1.85 bits per heavy atom. The van der Waals surface area contributed by atoms with Crippen LogP contribution < -0.4 is 16.4 Å². The smallest absolute Gasteiger partial charge is 0.369 e. The molecular formula is C21H23F3N4O5. The fraction of sp³-hybridized carbons (Fsp3) is 0.524. The molecule has 2 fully saturated rings. The van der Waals surface area contributed by atoms with Crippen molar-refractivity contribution in [1.82, 2.24) is 15.5 Å². The van der Waals surface area contributed by atoms with E-state index in [1.54, 1.807) is 6.07 Å². The summed E-state index contributed by atoms with van der Waals surface area (Å²) in [6.07, 6.45) is -5.16. The Morgan fingerprint density at radius 1 is 1.18 bits per heavy atom. The number of halogens is 3. The first kappa shape index (κ1) is 23.3. The number of carbonyl (C=O) groups is 4. The Kier molecular flexibility index (Phi) is 5.58. The third kappa shape index (κ3) is 3.91. The van der Waals surface area contributed by atoms with E-state index in [-0.39, 0.29) is 49.9 Å². The zero-order chi connectivity index (χ0) is 24.2. The molecule has 0 bridgehead atoms. The highest BCUT2D eigenvalue weighted by Crippen LogP contribution is 2.51. The summed E-state index contributed by atoms with van der Waals surface area (Å²) in [5.74, 6) is -2.39. The van der Waals surface area contributed by atoms with Crippen molar-refractivity contribution in [2.24, 2.45) is 5.73 Å². The summed E-state index contributed by atoms with van der Waals surface area (Å²) in [5.41, 5.74) is 3.64. The second-order valence-corrected chi connectivity index (χ2v) is 8.84. The fourth-order valence-electron chi connectivity index (χ4n) is 4.76. The van der Waals surface area contributed by atoms with Gasteiger partial charge in [-0.05, 0) is 24.1 Å². The van der Waals surface area contributed by atoms with Gasteiger partial charge in [0, 0.05) is 45.0 Å². The van der Waals surface area contributed by atoms with Crippen LogP contribution in [0.4, 0.5) is 13.2 Å². The molecule has 1 atom stereocenters. The van der Waals surface area contributed by atoms with Crippen LogP contribution in [0.3, 0.4) is 0 Å². The van der Waals surface area contributed by atoms with Crippen molar-refractivity contribution in [3.8, 4) is 0 Å². The summed E-state index contributed by atoms with van der Waals surface area (Å²) in [6.45, 7) is 0.304. The van der Waals surface area contributed by atoms with E-state index >= 15 is 0 Å². The monoisotopic (exact) mass is 468 g/mol. The molecule has 2 aliphatic heterocycles. The number of piperidine rings is 1. The zero-order valence-electron chi connectivity index (χ0n) is 17.8. The molecule has 2 heterocycles. The molecule has 0 radical (unpaired) electrons. The number of imide groups is 2. The van der Waals surface area contributed by atoms with Crippen LogP contribution in [0, 0.1) is 0 Å². The lowest BCUT2D eigenvalue weighted by molar-refractivity contribution is -0.311. The normalized spacial score (nSPS) is 29.7. The van der Waals surface area contributed by atoms with Crippen LogP contribution in [0.5, 0.6) is 0 Å². The fourth-order valence-corrected chi connectivity index (χ4v) is 4.76. The van der Waals surface area contributed by atoms with E-state index in [4.69, 9.17) is 10.5 Å². The minimum absolute atomic E-state index is 0.0263. The summed E-state index contributed by atoms with van der Waals surface area (Å²) < 4.78 is 44.2. The Labute approximate surface area is 186 Å². The Hall–Kier alpha value is -2.83. The molecule has 1 aliphatic carbocycles. The highest BCUT2D eigenvalue weighted by Gasteiger charge is 2.67. The minimum Gasteiger partial charge on any atom is -0.369 e. The molecule has 4 amide bonds. The molecule has 0 aromatic heterocycles. The molecule has 4 rings (SSSR count). The number of carbonyl (C=O) groups excluding carboxylic acids is 4. The lowest BCUT2D eigenvalue weighted by Crippen LogP contribution is -2.71. The third-order valence-electron chi connectivity index (χ3n) is 6.49. The number of nitrogens with two attached hydrogens (primary N) is 1. The standard InChI is InChI=1S/C21H23F3N4O5/c1-33-20(21(22,23)24)8-19(25,9-20)10-26-7-11-2-3-12-13(6-11)18(32)28(17(12)31)14-4-5-15(29)27-16(14)30/h2-3,6,14,26H,4-5,7-10,25H2,1H3,(H,27,29,30). The predicted octanol–water partition coefficient (Wildman–Crippen LogP) is 0.616. The van der Waals surface area contributed by atoms with E-state index in [9.17, 15) is 32.3 Å². The maximum Gasteiger partial charge on any atom is 0.417 e. The van der Waals surface area contributed by atoms with Crippen molar-refractivity contribution in [1.29, 1.82) is 0 Å². The van der Waals surface area contributed by atoms with Crippen LogP contribution >= 0.6 is 0 Å². The van der Waals surface area contributed by atoms with Gasteiger partial charge in [-0.3, -0.25) is 29.4 Å². The van der Waals surface area contributed by atoms with Gasteiger partial charge in [0.25, 0.3) is 11.8 Å². The lowest BCUT2D eigenvalue weighted by atomic mass is 9.64. The van der Waals surface area contributed by atoms with Gasteiger partial charge in [0.15, 0.2) is 5.60 Å². The molecule has 1 saturated carbocycles. The number of rotatable bonds is 6. The van der Waals surface area contributed by atoms with E-state index in [0.717, 1.165) is 12.0 Å². The van der Waals surface area contributed by atoms with Crippen LogP contribution in [0.25, 0.3) is 0 Å². The van der Waals surface area contributed by atoms with Crippen molar-refractivity contribution in [2.75, 3.05) is 13.7 Å². The summed E-state index contributed by atoms with van der Waals surface area (Å²) in [6, 6.07) is 3.54. The number of methoxy groups -OCH3 is 1. The number of nitrogens with zero attached hydrogens (tertiary/aromatic N) is 1. The van der Waals surface area contributed by atoms with Crippen LogP contribution in [0.2, 0.25) is 0 Å². The van der Waals surface area contributed by atoms with E-state index in [0.29, 0.717) is 5.56 Å². The van der Waals surface area contributed by atoms with Gasteiger partial charge in [0.1, 0.15) is 6.04 Å². The average Bonchev–Trinajstić information content (AvgIpc) is 2.95. The molecule has 12 heteroatoms. The first-order valence-corrected chi connectivity index (χ1v) is 10.4. The van der Waals surface area contributed by atoms with Gasteiger partial charge >= 0.3 is 6.18 Å². The van der Waals surface area contributed by atoms with Gasteiger partial charge < -0.3 is 15.8 Å². The molecular weight excluding hydrogens is 445 g/mol. The number of ether oxygens (including phenoxy) is 1. The molecule has 1 aromatic carbocycles. The largest absolute Gasteiger partial charge is 0.417 e. The highest BCUT2D eigenvalue weighted by molar-refractivity contribution is 6.23. The quantitative estimate of drug-likeness (QED) is 0.522. The molecule has 4 N–H and O–H groups in total. The van der Waals surface area contributed by atoms with Crippen molar-refractivity contribution in [2.45, 2.75) is 55.6 Å². The van der Waals surface area contributed by atoms with E-state index in [2.05, 4.69) is 10.6 Å². The van der Waals surface area contributed by atoms with Crippen molar-refractivity contribution >= 4 is 23.6 Å². The number of fused-ring (bicyclic) bond motifs is 1. The maximum absolute atomic E-state index is 13.2. The van der Waals surface area contributed by atoms with Crippen LogP contribution in [-0.2, 0) is 20.9 Å². The SMILES string of the molecule is COC1(C(F)(F)F)CC(N)(CNCc2ccc3c(c2)C(=O)N(C2CCC(=O)NC2=O)C3=O)C1. The first-order valence-electron chi connectivity index (χ1n) is 10.4. The van der Waals surface area contributed by atoms with Crippen molar-refractivity contribution in [3.05, 3.63) is 34.9 Å². The Bertz CT molecular complexity index is 1040. The van der Waals surface area contributed by atoms with Gasteiger partial charge in [-0.15, -0.1) is 0 Å². The van der Waals surface area contributed by atoms with E-state index in [1.807, 2.05) is 0 Å². The molecule has 0 spiro atoms. The predicted molar refractivity (Wildman–Crippen MR) is 107 cm³/mol. The molecule has 33 heavy (non-hydrogen) atoms. The molecule has 3 aliphatic rings. The van der Waals surface area contributed by atoms with E-state index in [1.165, 1.54) is 12.1 Å². The van der Waals surface area contributed by atoms with Crippen molar-refractivity contribution in [3.63, 3.8) is 0 Å². The highest BCUT2D eigenvalue weighted by atomic mass is 19.4. The number of alkyl halides is 3. The van der Waals surface area contributed by atoms with Crippen LogP contribution in [0.1, 0.15) is 52.0 Å².